The first-order valence-corrected chi connectivity index (χ1v) is 13.1. The minimum atomic E-state index is -12.7. The largest absolute Gasteiger partial charge is 0.540 e. The Labute approximate surface area is 277 Å². The Morgan fingerprint density at radius 1 is 0.232 bits per heavy atom. The van der Waals surface area contributed by atoms with E-state index in [0.717, 1.165) is 8.85 Å². The Hall–Kier alpha value is -2.42. The Morgan fingerprint density at radius 3 is 0.643 bits per heavy atom. The first kappa shape index (κ1) is 53.6. The molecule has 1 unspecified atom stereocenters. The lowest BCUT2D eigenvalue weighted by Gasteiger charge is -2.50. The van der Waals surface area contributed by atoms with Crippen molar-refractivity contribution in [1.82, 2.24) is 0 Å². The molecule has 0 aromatic carbocycles. The quantitative estimate of drug-likeness (QED) is 0.128. The minimum Gasteiger partial charge on any atom is -0.318 e. The highest BCUT2D eigenvalue weighted by Crippen LogP contribution is 2.68. The van der Waals surface area contributed by atoms with Gasteiger partial charge in [0.1, 0.15) is 0 Å². The first-order chi connectivity index (χ1) is 23.4. The number of hydrogen-bond acceptors (Lipinski definition) is 3. The van der Waals surface area contributed by atoms with Gasteiger partial charge in [-0.3, -0.25) is 4.74 Å². The van der Waals surface area contributed by atoms with Gasteiger partial charge in [0.2, 0.25) is 0 Å². The summed E-state index contributed by atoms with van der Waals surface area (Å²) in [6, 6.07) is 0. The van der Waals surface area contributed by atoms with Crippen molar-refractivity contribution < 1.29 is 172 Å². The molecule has 0 aliphatic carbocycles. The third-order valence-electron chi connectivity index (χ3n) is 5.73. The molecule has 56 heavy (non-hydrogen) atoms. The molecule has 3 nitrogen and oxygen atoms in total. The van der Waals surface area contributed by atoms with Gasteiger partial charge in [-0.2, -0.15) is 154 Å². The smallest absolute Gasteiger partial charge is 0.318 e. The number of rotatable bonds is 14. The van der Waals surface area contributed by atoms with Gasteiger partial charge in [0.25, 0.3) is 0 Å². The Kier molecular flexibility index (Phi) is 12.7. The molecule has 0 rings (SSSR count). The Balaban J connectivity index is 9.18. The normalized spacial score (nSPS) is 18.0. The van der Waals surface area contributed by atoms with E-state index in [1.54, 1.807) is 0 Å². The first-order valence-electron chi connectivity index (χ1n) is 11.3. The van der Waals surface area contributed by atoms with Gasteiger partial charge in [-0.1, -0.05) is 0 Å². The lowest BCUT2D eigenvalue weighted by Crippen LogP contribution is -2.85. The zero-order chi connectivity index (χ0) is 46.6. The van der Waals surface area contributed by atoms with E-state index in [1.807, 2.05) is 0 Å². The monoisotopic (exact) mass is 952 g/mol. The highest BCUT2D eigenvalue weighted by Gasteiger charge is 3.02. The van der Waals surface area contributed by atoms with Gasteiger partial charge in [-0.05, 0) is 0 Å². The number of halogens is 36. The second-order valence-corrected chi connectivity index (χ2v) is 12.4. The summed E-state index contributed by atoms with van der Waals surface area (Å²) < 4.78 is 485. The van der Waals surface area contributed by atoms with E-state index in [4.69, 9.17) is 0 Å². The van der Waals surface area contributed by atoms with Crippen LogP contribution in [0.5, 0.6) is 0 Å². The van der Waals surface area contributed by atoms with Crippen molar-refractivity contribution in [3.63, 3.8) is 0 Å². The fourth-order valence-corrected chi connectivity index (χ4v) is 5.55. The van der Waals surface area contributed by atoms with Crippen LogP contribution in [0.4, 0.5) is 158 Å². The fraction of sp³-hybridized carbons (Fsp3) is 1.00. The van der Waals surface area contributed by atoms with Crippen molar-refractivity contribution in [3.05, 3.63) is 0 Å². The van der Waals surface area contributed by atoms with Gasteiger partial charge >= 0.3 is 104 Å². The molecule has 0 aliphatic heterocycles. The van der Waals surface area contributed by atoms with Crippen molar-refractivity contribution in [2.24, 2.45) is 0 Å². The standard InChI is InChI=1S/C16F36O3Si/c17-1(18,2(19,20)4(23,24)6(27,28)8(31,32)33)3(21,22)5(25,26)7(29,30)15(49,53-12(43,44)9(34,35)36)56(16(50,51)52,54-13(45,46)10(37,38)39)55-14(47,48)11(40,41)42. The number of alkyl halides is 36. The SMILES string of the molecule is FC(F)(F)C(F)(F)OC(F)(C(F)(F)C(F)(F)C(F)(F)C(F)(F)C(F)(F)C(F)(F)C(F)(F)C(F)(F)F)[Si](OC(F)(F)C(F)(F)F)(OC(F)(F)C(F)(F)F)C(F)(F)F. The van der Waals surface area contributed by atoms with Gasteiger partial charge in [-0.25, -0.2) is 4.39 Å². The summed E-state index contributed by atoms with van der Waals surface area (Å²) in [6.45, 7) is 0. The third-order valence-corrected chi connectivity index (χ3v) is 8.82. The van der Waals surface area contributed by atoms with Crippen molar-refractivity contribution in [1.29, 1.82) is 0 Å². The summed E-state index contributed by atoms with van der Waals surface area (Å²) in [5, 5.41) is 0. The van der Waals surface area contributed by atoms with E-state index in [1.165, 1.54) is 0 Å². The van der Waals surface area contributed by atoms with Crippen LogP contribution in [0, 0.1) is 0 Å². The predicted molar refractivity (Wildman–Crippen MR) is 92.6 cm³/mol. The number of ether oxygens (including phenoxy) is 1. The van der Waals surface area contributed by atoms with Crippen molar-refractivity contribution in [2.45, 2.75) is 95.8 Å². The molecule has 0 spiro atoms. The van der Waals surface area contributed by atoms with Gasteiger partial charge in [0.15, 0.2) is 0 Å². The lowest BCUT2D eigenvalue weighted by atomic mass is 9.89. The molecule has 338 valence electrons. The molecule has 40 heteroatoms. The van der Waals surface area contributed by atoms with Crippen LogP contribution >= 0.6 is 0 Å². The summed E-state index contributed by atoms with van der Waals surface area (Å²) in [5.41, 5.74) is -10.6. The van der Waals surface area contributed by atoms with Crippen LogP contribution in [0.2, 0.25) is 0 Å². The molecule has 0 bridgehead atoms. The van der Waals surface area contributed by atoms with Gasteiger partial charge in [0.05, 0.1) is 0 Å². The van der Waals surface area contributed by atoms with E-state index in [9.17, 15) is 154 Å². The summed E-state index contributed by atoms with van der Waals surface area (Å²) in [6.07, 6.45) is -62.0. The molecule has 0 radical (unpaired) electrons. The summed E-state index contributed by atoms with van der Waals surface area (Å²) in [7, 11) is -12.7. The molecule has 0 aromatic heterocycles. The average Bonchev–Trinajstić information content (AvgIpc) is 2.87. The van der Waals surface area contributed by atoms with Crippen LogP contribution < -0.4 is 0 Å². The molecule has 0 N–H and O–H groups in total. The summed E-state index contributed by atoms with van der Waals surface area (Å²) in [4.78, 5) is 0. The highest BCUT2D eigenvalue weighted by atomic mass is 28.4. The molecule has 1 atom stereocenters. The van der Waals surface area contributed by atoms with Crippen LogP contribution in [0.15, 0.2) is 0 Å². The Bertz CT molecular complexity index is 1360. The molecule has 0 saturated heterocycles. The zero-order valence-corrected chi connectivity index (χ0v) is 24.3. The van der Waals surface area contributed by atoms with E-state index >= 15 is 4.39 Å². The van der Waals surface area contributed by atoms with Crippen LogP contribution in [-0.2, 0) is 13.6 Å². The third kappa shape index (κ3) is 7.51. The van der Waals surface area contributed by atoms with Crippen LogP contribution in [-0.4, -0.2) is 104 Å². The fourth-order valence-electron chi connectivity index (χ4n) is 2.87. The predicted octanol–water partition coefficient (Wildman–Crippen LogP) is 11.3. The molecule has 0 amide bonds. The highest BCUT2D eigenvalue weighted by molar-refractivity contribution is 6.72. The number of hydrogen-bond donors (Lipinski definition) is 0. The maximum Gasteiger partial charge on any atom is 0.540 e. The second-order valence-electron chi connectivity index (χ2n) is 9.58. The van der Waals surface area contributed by atoms with Crippen LogP contribution in [0.1, 0.15) is 0 Å². The van der Waals surface area contributed by atoms with E-state index in [-0.39, 0.29) is 0 Å². The van der Waals surface area contributed by atoms with Gasteiger partial charge in [-0.15, -0.1) is 0 Å². The van der Waals surface area contributed by atoms with Crippen molar-refractivity contribution in [3.8, 4) is 0 Å². The van der Waals surface area contributed by atoms with E-state index in [0.29, 0.717) is 4.74 Å². The maximum absolute atomic E-state index is 15.6. The second kappa shape index (κ2) is 13.3. The summed E-state index contributed by atoms with van der Waals surface area (Å²) in [5.74, 6) is -80.8. The van der Waals surface area contributed by atoms with Gasteiger partial charge in [0, 0.05) is 0 Å². The molecule has 0 fully saturated rings. The van der Waals surface area contributed by atoms with Crippen LogP contribution in [0.3, 0.4) is 0 Å². The van der Waals surface area contributed by atoms with Crippen molar-refractivity contribution >= 4 is 8.56 Å². The molecular formula is C16F36O3Si. The molecule has 0 heterocycles. The van der Waals surface area contributed by atoms with Crippen molar-refractivity contribution in [2.75, 3.05) is 0 Å². The van der Waals surface area contributed by atoms with Gasteiger partial charge < -0.3 is 8.85 Å². The lowest BCUT2D eigenvalue weighted by molar-refractivity contribution is -0.495. The summed E-state index contributed by atoms with van der Waals surface area (Å²) >= 11 is 0. The maximum atomic E-state index is 15.6. The zero-order valence-electron chi connectivity index (χ0n) is 23.3. The topological polar surface area (TPSA) is 27.7 Å². The minimum absolute atomic E-state index is 0.563. The average molecular weight is 952 g/mol. The van der Waals surface area contributed by atoms with E-state index < -0.39 is 104 Å². The Morgan fingerprint density at radius 2 is 0.446 bits per heavy atom. The molecule has 0 aromatic rings. The van der Waals surface area contributed by atoms with Crippen LogP contribution in [0.25, 0.3) is 0 Å². The molecule has 0 saturated carbocycles. The van der Waals surface area contributed by atoms with E-state index in [2.05, 4.69) is 0 Å². The molecule has 0 aliphatic rings. The molecular weight excluding hydrogens is 952 g/mol.